The molecule has 0 bridgehead atoms. The summed E-state index contributed by atoms with van der Waals surface area (Å²) in [5, 5.41) is 4.49. The van der Waals surface area contributed by atoms with E-state index >= 15 is 0 Å². The predicted molar refractivity (Wildman–Crippen MR) is 109 cm³/mol. The third-order valence-electron chi connectivity index (χ3n) is 5.23. The first-order valence-electron chi connectivity index (χ1n) is 9.22. The van der Waals surface area contributed by atoms with Gasteiger partial charge in [-0.25, -0.2) is 4.39 Å². The van der Waals surface area contributed by atoms with Crippen molar-refractivity contribution in [2.45, 2.75) is 25.4 Å². The fourth-order valence-corrected chi connectivity index (χ4v) is 3.78. The van der Waals surface area contributed by atoms with Gasteiger partial charge in [-0.1, -0.05) is 29.8 Å². The minimum atomic E-state index is -0.456. The molecule has 2 heterocycles. The predicted octanol–water partition coefficient (Wildman–Crippen LogP) is 5.03. The molecule has 144 valence electrons. The second-order valence-corrected chi connectivity index (χ2v) is 7.71. The van der Waals surface area contributed by atoms with Gasteiger partial charge in [0, 0.05) is 16.5 Å². The summed E-state index contributed by atoms with van der Waals surface area (Å²) in [6.45, 7) is 3.87. The molecule has 2 aromatic carbocycles. The Bertz CT molecular complexity index is 1050. The third kappa shape index (κ3) is 3.60. The number of hydrogen-bond acceptors (Lipinski definition) is 4. The molecule has 1 saturated heterocycles. The molecule has 0 radical (unpaired) electrons. The Morgan fingerprint density at radius 3 is 2.71 bits per heavy atom. The van der Waals surface area contributed by atoms with Crippen LogP contribution in [-0.2, 0) is 0 Å². The Morgan fingerprint density at radius 1 is 1.21 bits per heavy atom. The van der Waals surface area contributed by atoms with Crippen LogP contribution in [0, 0.1) is 5.82 Å². The zero-order valence-electron chi connectivity index (χ0n) is 15.5. The van der Waals surface area contributed by atoms with E-state index in [0.717, 1.165) is 25.9 Å². The fourth-order valence-electron chi connectivity index (χ4n) is 3.54. The van der Waals surface area contributed by atoms with Gasteiger partial charge in [-0.2, -0.15) is 0 Å². The summed E-state index contributed by atoms with van der Waals surface area (Å²) in [6.07, 6.45) is 4.04. The first kappa shape index (κ1) is 18.8. The first-order chi connectivity index (χ1) is 13.5. The van der Waals surface area contributed by atoms with Crippen LogP contribution < -0.4 is 10.1 Å². The number of hydrogen-bond donors (Lipinski definition) is 1. The van der Waals surface area contributed by atoms with Crippen molar-refractivity contribution in [3.8, 4) is 16.9 Å². The van der Waals surface area contributed by atoms with Crippen LogP contribution in [0.25, 0.3) is 22.0 Å². The van der Waals surface area contributed by atoms with Gasteiger partial charge in [-0.3, -0.25) is 9.78 Å². The van der Waals surface area contributed by atoms with Gasteiger partial charge in [-0.05, 0) is 56.6 Å². The highest BCUT2D eigenvalue weighted by Gasteiger charge is 2.29. The summed E-state index contributed by atoms with van der Waals surface area (Å²) in [4.78, 5) is 15.3. The van der Waals surface area contributed by atoms with E-state index in [0.29, 0.717) is 44.7 Å². The number of benzene rings is 2. The molecule has 6 heteroatoms. The van der Waals surface area contributed by atoms with Crippen LogP contribution in [0.3, 0.4) is 0 Å². The van der Waals surface area contributed by atoms with E-state index in [-0.39, 0.29) is 5.60 Å². The Labute approximate surface area is 167 Å². The molecule has 0 spiro atoms. The highest BCUT2D eigenvalue weighted by molar-refractivity contribution is 6.36. The van der Waals surface area contributed by atoms with Gasteiger partial charge in [-0.15, -0.1) is 0 Å². The maximum Gasteiger partial charge on any atom is 0.157 e. The van der Waals surface area contributed by atoms with Gasteiger partial charge < -0.3 is 10.1 Å². The molecular formula is C22H20ClFN2O2. The van der Waals surface area contributed by atoms with E-state index in [1.54, 1.807) is 36.5 Å². The quantitative estimate of drug-likeness (QED) is 0.626. The van der Waals surface area contributed by atoms with Crippen LogP contribution in [0.1, 0.15) is 30.1 Å². The Morgan fingerprint density at radius 2 is 2.00 bits per heavy atom. The van der Waals surface area contributed by atoms with Gasteiger partial charge in [0.15, 0.2) is 5.75 Å². The maximum atomic E-state index is 14.4. The van der Waals surface area contributed by atoms with E-state index in [2.05, 4.69) is 17.2 Å². The molecule has 3 aromatic rings. The Kier molecular flexibility index (Phi) is 5.04. The van der Waals surface area contributed by atoms with Crippen molar-refractivity contribution >= 4 is 28.8 Å². The van der Waals surface area contributed by atoms with Gasteiger partial charge >= 0.3 is 0 Å². The number of carbonyl (C=O) groups is 1. The van der Waals surface area contributed by atoms with E-state index in [1.165, 1.54) is 6.07 Å². The number of piperidine rings is 1. The van der Waals surface area contributed by atoms with E-state index < -0.39 is 5.82 Å². The first-order valence-corrected chi connectivity index (χ1v) is 9.60. The van der Waals surface area contributed by atoms with Crippen LogP contribution >= 0.6 is 11.6 Å². The van der Waals surface area contributed by atoms with Gasteiger partial charge in [0.2, 0.25) is 0 Å². The van der Waals surface area contributed by atoms with Crippen molar-refractivity contribution in [3.05, 3.63) is 59.0 Å². The molecule has 4 rings (SSSR count). The van der Waals surface area contributed by atoms with Crippen LogP contribution in [-0.4, -0.2) is 30.0 Å². The van der Waals surface area contributed by atoms with Crippen LogP contribution in [0.4, 0.5) is 4.39 Å². The summed E-state index contributed by atoms with van der Waals surface area (Å²) < 4.78 is 20.7. The smallest absolute Gasteiger partial charge is 0.157 e. The molecule has 0 unspecified atom stereocenters. The molecule has 0 aliphatic carbocycles. The summed E-state index contributed by atoms with van der Waals surface area (Å²) in [5.74, 6) is 0.0788. The average Bonchev–Trinajstić information content (AvgIpc) is 2.70. The van der Waals surface area contributed by atoms with Crippen LogP contribution in [0.15, 0.2) is 42.6 Å². The zero-order chi connectivity index (χ0) is 19.7. The zero-order valence-corrected chi connectivity index (χ0v) is 16.2. The fraction of sp³-hybridized carbons (Fsp3) is 0.273. The van der Waals surface area contributed by atoms with Crippen molar-refractivity contribution in [1.29, 1.82) is 0 Å². The lowest BCUT2D eigenvalue weighted by molar-refractivity contribution is 0.0555. The SMILES string of the molecule is CC1(Oc2cnc3ccc(-c4ccc(C=O)cc4F)cc3c2Cl)CCNCC1. The molecular weight excluding hydrogens is 379 g/mol. The molecule has 1 aliphatic rings. The molecule has 1 fully saturated rings. The topological polar surface area (TPSA) is 51.2 Å². The minimum Gasteiger partial charge on any atom is -0.484 e. The van der Waals surface area contributed by atoms with Crippen molar-refractivity contribution in [1.82, 2.24) is 10.3 Å². The van der Waals surface area contributed by atoms with Gasteiger partial charge in [0.05, 0.1) is 16.7 Å². The molecule has 1 aliphatic heterocycles. The monoisotopic (exact) mass is 398 g/mol. The number of halogens is 2. The second kappa shape index (κ2) is 7.49. The summed E-state index contributed by atoms with van der Waals surface area (Å²) in [5.41, 5.74) is 1.78. The van der Waals surface area contributed by atoms with Crippen molar-refractivity contribution in [3.63, 3.8) is 0 Å². The Hall–Kier alpha value is -2.50. The molecule has 0 amide bonds. The standard InChI is InChI=1S/C22H20ClFN2O2/c1-22(6-8-25-9-7-22)28-20-12-26-19-5-3-15(11-17(19)21(20)23)16-4-2-14(13-27)10-18(16)24/h2-5,10-13,25H,6-9H2,1H3. The van der Waals surface area contributed by atoms with Crippen molar-refractivity contribution in [2.24, 2.45) is 0 Å². The molecule has 1 N–H and O–H groups in total. The van der Waals surface area contributed by atoms with Crippen LogP contribution in [0.2, 0.25) is 5.02 Å². The van der Waals surface area contributed by atoms with Gasteiger partial charge in [0.1, 0.15) is 17.7 Å². The number of carbonyl (C=O) groups excluding carboxylic acids is 1. The molecule has 0 saturated carbocycles. The molecule has 4 nitrogen and oxygen atoms in total. The van der Waals surface area contributed by atoms with Crippen LogP contribution in [0.5, 0.6) is 5.75 Å². The minimum absolute atomic E-state index is 0.293. The largest absolute Gasteiger partial charge is 0.484 e. The number of nitrogens with zero attached hydrogens (tertiary/aromatic N) is 1. The normalized spacial score (nSPS) is 16.1. The van der Waals surface area contributed by atoms with E-state index in [9.17, 15) is 9.18 Å². The lowest BCUT2D eigenvalue weighted by Gasteiger charge is -2.34. The number of rotatable bonds is 4. The third-order valence-corrected chi connectivity index (χ3v) is 5.62. The number of nitrogens with one attached hydrogen (secondary N) is 1. The maximum absolute atomic E-state index is 14.4. The second-order valence-electron chi connectivity index (χ2n) is 7.33. The lowest BCUT2D eigenvalue weighted by Crippen LogP contribution is -2.43. The molecule has 28 heavy (non-hydrogen) atoms. The van der Waals surface area contributed by atoms with Gasteiger partial charge in [0.25, 0.3) is 0 Å². The number of ether oxygens (including phenoxy) is 1. The highest BCUT2D eigenvalue weighted by atomic mass is 35.5. The van der Waals surface area contributed by atoms with E-state index in [1.807, 2.05) is 0 Å². The summed E-state index contributed by atoms with van der Waals surface area (Å²) in [7, 11) is 0. The van der Waals surface area contributed by atoms with Crippen molar-refractivity contribution < 1.29 is 13.9 Å². The Balaban J connectivity index is 1.74. The lowest BCUT2D eigenvalue weighted by atomic mass is 9.94. The number of aldehydes is 1. The number of aromatic nitrogens is 1. The van der Waals surface area contributed by atoms with E-state index in [4.69, 9.17) is 16.3 Å². The summed E-state index contributed by atoms with van der Waals surface area (Å²) >= 11 is 6.65. The number of pyridine rings is 1. The molecule has 0 atom stereocenters. The average molecular weight is 399 g/mol. The van der Waals surface area contributed by atoms with Crippen molar-refractivity contribution in [2.75, 3.05) is 13.1 Å². The summed E-state index contributed by atoms with van der Waals surface area (Å²) in [6, 6.07) is 9.81. The number of fused-ring (bicyclic) bond motifs is 1. The molecule has 1 aromatic heterocycles. The highest BCUT2D eigenvalue weighted by Crippen LogP contribution is 2.37.